The van der Waals surface area contributed by atoms with Gasteiger partial charge in [0.15, 0.2) is 4.34 Å². The number of carboxylic acids is 1. The summed E-state index contributed by atoms with van der Waals surface area (Å²) in [6, 6.07) is 4.40. The Balaban J connectivity index is 2.28. The molecule has 20 heavy (non-hydrogen) atoms. The van der Waals surface area contributed by atoms with E-state index in [2.05, 4.69) is 20.9 Å². The topological polar surface area (TPSA) is 93.3 Å². The molecule has 0 fully saturated rings. The van der Waals surface area contributed by atoms with Crippen LogP contribution in [0.3, 0.4) is 0 Å². The Morgan fingerprint density at radius 3 is 2.75 bits per heavy atom. The largest absolute Gasteiger partial charge is 0.477 e. The molecule has 0 aliphatic rings. The minimum absolute atomic E-state index is 0.0113. The molecule has 2 rings (SSSR count). The fraction of sp³-hybridized carbons (Fsp3) is 0.0909. The molecule has 1 aromatic heterocycles. The monoisotopic (exact) mass is 374 g/mol. The standard InChI is InChI=1S/C11H7BrN2O4S2/c1-5-9(10(15)16)20-11(13-5)19-8-3-2-6(14(17)18)4-7(8)12/h2-4H,1H3,(H,15,16). The fourth-order valence-corrected chi connectivity index (χ4v) is 3.99. The summed E-state index contributed by atoms with van der Waals surface area (Å²) in [6.07, 6.45) is 0. The molecule has 0 unspecified atom stereocenters. The van der Waals surface area contributed by atoms with Crippen LogP contribution in [0.2, 0.25) is 0 Å². The number of aromatic carboxylic acids is 1. The maximum absolute atomic E-state index is 11.0. The lowest BCUT2D eigenvalue weighted by Gasteiger charge is -2.01. The summed E-state index contributed by atoms with van der Waals surface area (Å²) in [5.74, 6) is -1.00. The highest BCUT2D eigenvalue weighted by Gasteiger charge is 2.16. The van der Waals surface area contributed by atoms with E-state index in [4.69, 9.17) is 5.11 Å². The van der Waals surface area contributed by atoms with Gasteiger partial charge in [0.05, 0.1) is 10.6 Å². The van der Waals surface area contributed by atoms with Crippen LogP contribution < -0.4 is 0 Å². The average Bonchev–Trinajstić information content (AvgIpc) is 2.73. The number of nitro benzene ring substituents is 1. The number of rotatable bonds is 4. The zero-order valence-electron chi connectivity index (χ0n) is 9.99. The van der Waals surface area contributed by atoms with Crippen LogP contribution in [-0.2, 0) is 0 Å². The molecule has 0 amide bonds. The molecule has 0 saturated carbocycles. The Morgan fingerprint density at radius 2 is 2.25 bits per heavy atom. The molecule has 104 valence electrons. The molecule has 0 bridgehead atoms. The van der Waals surface area contributed by atoms with Crippen LogP contribution in [0.1, 0.15) is 15.4 Å². The minimum atomic E-state index is -1.00. The molecule has 6 nitrogen and oxygen atoms in total. The molecule has 0 aliphatic heterocycles. The second-order valence-electron chi connectivity index (χ2n) is 3.67. The van der Waals surface area contributed by atoms with Crippen LogP contribution in [0.4, 0.5) is 5.69 Å². The van der Waals surface area contributed by atoms with Crippen molar-refractivity contribution >= 4 is 50.7 Å². The van der Waals surface area contributed by atoms with E-state index in [-0.39, 0.29) is 10.6 Å². The molecule has 0 saturated heterocycles. The van der Waals surface area contributed by atoms with Crippen molar-refractivity contribution in [2.75, 3.05) is 0 Å². The van der Waals surface area contributed by atoms with Gasteiger partial charge in [-0.25, -0.2) is 9.78 Å². The molecule has 0 aliphatic carbocycles. The van der Waals surface area contributed by atoms with Crippen LogP contribution in [-0.4, -0.2) is 21.0 Å². The molecule has 1 N–H and O–H groups in total. The number of aromatic nitrogens is 1. The Hall–Kier alpha value is -1.45. The molecule has 0 atom stereocenters. The molecular formula is C11H7BrN2O4S2. The Labute approximate surface area is 130 Å². The lowest BCUT2D eigenvalue weighted by atomic mass is 10.3. The number of hydrogen-bond donors (Lipinski definition) is 1. The van der Waals surface area contributed by atoms with Crippen molar-refractivity contribution in [3.63, 3.8) is 0 Å². The first-order valence-electron chi connectivity index (χ1n) is 5.21. The number of nitrogens with zero attached hydrogens (tertiary/aromatic N) is 2. The summed E-state index contributed by atoms with van der Waals surface area (Å²) in [5.41, 5.74) is 0.450. The van der Waals surface area contributed by atoms with Gasteiger partial charge < -0.3 is 5.11 Å². The molecule has 1 heterocycles. The number of thiazole rings is 1. The number of nitro groups is 1. The maximum Gasteiger partial charge on any atom is 0.347 e. The lowest BCUT2D eigenvalue weighted by Crippen LogP contribution is -1.94. The smallest absolute Gasteiger partial charge is 0.347 e. The summed E-state index contributed by atoms with van der Waals surface area (Å²) in [4.78, 5) is 26.2. The van der Waals surface area contributed by atoms with Crippen LogP contribution >= 0.6 is 39.0 Å². The number of aryl methyl sites for hydroxylation is 1. The minimum Gasteiger partial charge on any atom is -0.477 e. The van der Waals surface area contributed by atoms with Gasteiger partial charge in [-0.1, -0.05) is 11.8 Å². The van der Waals surface area contributed by atoms with Gasteiger partial charge in [0.25, 0.3) is 5.69 Å². The number of non-ortho nitro benzene ring substituents is 1. The van der Waals surface area contributed by atoms with Gasteiger partial charge in [-0.2, -0.15) is 0 Å². The summed E-state index contributed by atoms with van der Waals surface area (Å²) in [6.45, 7) is 1.63. The van der Waals surface area contributed by atoms with Gasteiger partial charge in [0, 0.05) is 21.5 Å². The van der Waals surface area contributed by atoms with Crippen molar-refractivity contribution < 1.29 is 14.8 Å². The van der Waals surface area contributed by atoms with Crippen LogP contribution in [0, 0.1) is 17.0 Å². The van der Waals surface area contributed by atoms with Gasteiger partial charge in [-0.05, 0) is 28.9 Å². The highest BCUT2D eigenvalue weighted by molar-refractivity contribution is 9.10. The predicted octanol–water partition coefficient (Wildman–Crippen LogP) is 3.97. The number of benzene rings is 1. The third kappa shape index (κ3) is 3.17. The number of carbonyl (C=O) groups is 1. The third-order valence-electron chi connectivity index (χ3n) is 2.29. The fourth-order valence-electron chi connectivity index (χ4n) is 1.39. The Morgan fingerprint density at radius 1 is 1.55 bits per heavy atom. The summed E-state index contributed by atoms with van der Waals surface area (Å²) >= 11 is 5.60. The van der Waals surface area contributed by atoms with Crippen molar-refractivity contribution in [1.29, 1.82) is 0 Å². The van der Waals surface area contributed by atoms with Gasteiger partial charge in [0.1, 0.15) is 4.88 Å². The molecule has 0 spiro atoms. The van der Waals surface area contributed by atoms with E-state index >= 15 is 0 Å². The van der Waals surface area contributed by atoms with Crippen molar-refractivity contribution in [3.05, 3.63) is 43.4 Å². The first-order valence-corrected chi connectivity index (χ1v) is 7.63. The average molecular weight is 375 g/mol. The third-order valence-corrected chi connectivity index (χ3v) is 5.50. The Bertz CT molecular complexity index is 702. The summed E-state index contributed by atoms with van der Waals surface area (Å²) < 4.78 is 1.15. The van der Waals surface area contributed by atoms with Gasteiger partial charge in [-0.3, -0.25) is 10.1 Å². The first-order chi connectivity index (χ1) is 9.38. The van der Waals surface area contributed by atoms with Crippen molar-refractivity contribution in [2.24, 2.45) is 0 Å². The predicted molar refractivity (Wildman–Crippen MR) is 78.7 cm³/mol. The van der Waals surface area contributed by atoms with Crippen LogP contribution in [0.15, 0.2) is 31.9 Å². The molecule has 0 radical (unpaired) electrons. The van der Waals surface area contributed by atoms with E-state index in [9.17, 15) is 14.9 Å². The molecular weight excluding hydrogens is 368 g/mol. The van der Waals surface area contributed by atoms with E-state index < -0.39 is 10.9 Å². The van der Waals surface area contributed by atoms with E-state index in [1.165, 1.54) is 23.9 Å². The maximum atomic E-state index is 11.0. The zero-order valence-corrected chi connectivity index (χ0v) is 13.2. The van der Waals surface area contributed by atoms with Crippen molar-refractivity contribution in [1.82, 2.24) is 4.98 Å². The summed E-state index contributed by atoms with van der Waals surface area (Å²) in [7, 11) is 0. The van der Waals surface area contributed by atoms with E-state index in [1.807, 2.05) is 0 Å². The van der Waals surface area contributed by atoms with Gasteiger partial charge >= 0.3 is 5.97 Å². The number of halogens is 1. The number of hydrogen-bond acceptors (Lipinski definition) is 6. The highest BCUT2D eigenvalue weighted by atomic mass is 79.9. The van der Waals surface area contributed by atoms with Crippen LogP contribution in [0.5, 0.6) is 0 Å². The highest BCUT2D eigenvalue weighted by Crippen LogP contribution is 2.38. The van der Waals surface area contributed by atoms with Gasteiger partial charge in [-0.15, -0.1) is 11.3 Å². The normalized spacial score (nSPS) is 10.5. The van der Waals surface area contributed by atoms with Crippen LogP contribution in [0.25, 0.3) is 0 Å². The second kappa shape index (κ2) is 5.90. The second-order valence-corrected chi connectivity index (χ2v) is 6.82. The zero-order chi connectivity index (χ0) is 14.9. The molecule has 1 aromatic carbocycles. The first kappa shape index (κ1) is 14.9. The van der Waals surface area contributed by atoms with E-state index in [0.717, 1.165) is 16.2 Å². The lowest BCUT2D eigenvalue weighted by molar-refractivity contribution is -0.385. The SMILES string of the molecule is Cc1nc(Sc2ccc([N+](=O)[O-])cc2Br)sc1C(=O)O. The molecule has 2 aromatic rings. The van der Waals surface area contributed by atoms with Gasteiger partial charge in [0.2, 0.25) is 0 Å². The quantitative estimate of drug-likeness (QED) is 0.642. The van der Waals surface area contributed by atoms with E-state index in [1.54, 1.807) is 13.0 Å². The molecule has 9 heteroatoms. The van der Waals surface area contributed by atoms with E-state index in [0.29, 0.717) is 14.5 Å². The van der Waals surface area contributed by atoms with Crippen molar-refractivity contribution in [2.45, 2.75) is 16.2 Å². The number of carboxylic acid groups (broad SMARTS) is 1. The Kier molecular flexibility index (Phi) is 4.41. The van der Waals surface area contributed by atoms with Crippen molar-refractivity contribution in [3.8, 4) is 0 Å². The summed E-state index contributed by atoms with van der Waals surface area (Å²) in [5, 5.41) is 19.6.